The van der Waals surface area contributed by atoms with Crippen molar-refractivity contribution in [1.82, 2.24) is 9.80 Å². The van der Waals surface area contributed by atoms with Crippen molar-refractivity contribution in [2.45, 2.75) is 31.2 Å². The molecule has 0 aliphatic carbocycles. The second kappa shape index (κ2) is 8.28. The number of aliphatic hydroxyl groups is 1. The van der Waals surface area contributed by atoms with E-state index in [-0.39, 0.29) is 46.5 Å². The van der Waals surface area contributed by atoms with E-state index < -0.39 is 18.0 Å². The van der Waals surface area contributed by atoms with Crippen LogP contribution in [0.25, 0.3) is 0 Å². The fourth-order valence-electron chi connectivity index (χ4n) is 3.06. The maximum Gasteiger partial charge on any atom is 1.00 e. The molecule has 0 aromatic rings. The molecule has 24 heavy (non-hydrogen) atoms. The summed E-state index contributed by atoms with van der Waals surface area (Å²) in [6, 6.07) is 0. The van der Waals surface area contributed by atoms with Crippen LogP contribution in [0.2, 0.25) is 0 Å². The van der Waals surface area contributed by atoms with E-state index in [1.165, 1.54) is 28.4 Å². The normalized spacial score (nSPS) is 26.8. The van der Waals surface area contributed by atoms with Crippen molar-refractivity contribution >= 4 is 51.9 Å². The zero-order valence-corrected chi connectivity index (χ0v) is 18.0. The van der Waals surface area contributed by atoms with Crippen LogP contribution in [0.3, 0.4) is 0 Å². The Balaban J connectivity index is 0.00000208. The van der Waals surface area contributed by atoms with Crippen LogP contribution in [0.5, 0.6) is 0 Å². The number of thiocarbonyl (C=S) groups is 1. The molecule has 3 heterocycles. The molecule has 0 radical (unpaired) electrons. The maximum atomic E-state index is 12.1. The van der Waals surface area contributed by atoms with Crippen LogP contribution in [0.1, 0.15) is 19.8 Å². The summed E-state index contributed by atoms with van der Waals surface area (Å²) < 4.78 is 0.765. The van der Waals surface area contributed by atoms with E-state index in [4.69, 9.17) is 12.2 Å². The van der Waals surface area contributed by atoms with Gasteiger partial charge in [-0.3, -0.25) is 9.69 Å². The van der Waals surface area contributed by atoms with Gasteiger partial charge in [0.2, 0.25) is 5.91 Å². The number of nitrogens with zero attached hydrogens (tertiary/aromatic N) is 2. The number of carbonyl (C=O) groups excluding carboxylic acids is 2. The predicted octanol–water partition coefficient (Wildman–Crippen LogP) is -3.02. The van der Waals surface area contributed by atoms with E-state index in [1.54, 1.807) is 6.92 Å². The Morgan fingerprint density at radius 3 is 2.67 bits per heavy atom. The fourth-order valence-corrected chi connectivity index (χ4v) is 6.02. The number of likely N-dealkylation sites (tertiary alicyclic amines) is 1. The predicted molar refractivity (Wildman–Crippen MR) is 91.3 cm³/mol. The molecule has 3 atom stereocenters. The van der Waals surface area contributed by atoms with Crippen molar-refractivity contribution in [3.05, 3.63) is 10.6 Å². The quantitative estimate of drug-likeness (QED) is 0.305. The molecule has 0 saturated carbocycles. The van der Waals surface area contributed by atoms with Gasteiger partial charge in [-0.1, -0.05) is 24.0 Å². The van der Waals surface area contributed by atoms with Crippen LogP contribution in [0.15, 0.2) is 10.6 Å². The Morgan fingerprint density at radius 1 is 1.50 bits per heavy atom. The molecule has 10 heteroatoms. The third-order valence-electron chi connectivity index (χ3n) is 4.26. The SMILES string of the molecule is C[C@@H](O)[C@H]1C(=O)N2C(C(=O)[O-])=C(CSC(=S)N3CCCC3)S[C@H]12.[Na+]. The molecule has 3 aliphatic rings. The number of amides is 1. The molecule has 0 unspecified atom stereocenters. The minimum Gasteiger partial charge on any atom is -0.543 e. The summed E-state index contributed by atoms with van der Waals surface area (Å²) in [7, 11) is 0. The van der Waals surface area contributed by atoms with Gasteiger partial charge in [0.05, 0.1) is 23.7 Å². The molecule has 1 amide bonds. The van der Waals surface area contributed by atoms with Gasteiger partial charge in [0, 0.05) is 23.7 Å². The minimum atomic E-state index is -1.35. The molecular formula is C14H17N2NaO4S3. The first-order chi connectivity index (χ1) is 10.9. The second-order valence-electron chi connectivity index (χ2n) is 5.79. The van der Waals surface area contributed by atoms with Crippen LogP contribution in [-0.2, 0) is 9.59 Å². The Hall–Kier alpha value is 0.230. The number of aliphatic hydroxyl groups excluding tert-OH is 1. The van der Waals surface area contributed by atoms with Gasteiger partial charge in [0.15, 0.2) is 0 Å². The number of β-lactam (4-membered cyclic amide) rings is 1. The third kappa shape index (κ3) is 3.67. The largest absolute Gasteiger partial charge is 1.00 e. The summed E-state index contributed by atoms with van der Waals surface area (Å²) in [6.45, 7) is 3.44. The van der Waals surface area contributed by atoms with Gasteiger partial charge in [0.1, 0.15) is 9.69 Å². The summed E-state index contributed by atoms with van der Waals surface area (Å²) in [5, 5.41) is 20.8. The maximum absolute atomic E-state index is 12.1. The Kier molecular flexibility index (Phi) is 7.09. The third-order valence-corrected chi connectivity index (χ3v) is 7.36. The zero-order chi connectivity index (χ0) is 16.7. The first kappa shape index (κ1) is 20.5. The monoisotopic (exact) mass is 396 g/mol. The molecule has 6 nitrogen and oxygen atoms in total. The Morgan fingerprint density at radius 2 is 2.12 bits per heavy atom. The number of carboxylic acid groups (broad SMARTS) is 1. The summed E-state index contributed by atoms with van der Waals surface area (Å²) in [6.07, 6.45) is 1.46. The zero-order valence-electron chi connectivity index (χ0n) is 13.6. The molecule has 3 rings (SSSR count). The molecule has 1 N–H and O–H groups in total. The minimum absolute atomic E-state index is 0. The smallest absolute Gasteiger partial charge is 0.543 e. The van der Waals surface area contributed by atoms with Crippen molar-refractivity contribution in [2.75, 3.05) is 18.8 Å². The van der Waals surface area contributed by atoms with E-state index >= 15 is 0 Å². The van der Waals surface area contributed by atoms with Crippen LogP contribution < -0.4 is 34.7 Å². The van der Waals surface area contributed by atoms with Gasteiger partial charge in [-0.25, -0.2) is 0 Å². The summed E-state index contributed by atoms with van der Waals surface area (Å²) >= 11 is 8.14. The fraction of sp³-hybridized carbons (Fsp3) is 0.643. The van der Waals surface area contributed by atoms with Gasteiger partial charge < -0.3 is 19.9 Å². The first-order valence-corrected chi connectivity index (χ1v) is 9.73. The number of fused-ring (bicyclic) bond motifs is 1. The number of carboxylic acids is 1. The van der Waals surface area contributed by atoms with E-state index in [0.29, 0.717) is 10.7 Å². The molecule has 0 aromatic carbocycles. The van der Waals surface area contributed by atoms with Gasteiger partial charge in [-0.15, -0.1) is 11.8 Å². The molecule has 2 saturated heterocycles. The van der Waals surface area contributed by atoms with Crippen LogP contribution in [0.4, 0.5) is 0 Å². The second-order valence-corrected chi connectivity index (χ2v) is 8.61. The molecule has 0 bridgehead atoms. The van der Waals surface area contributed by atoms with Gasteiger partial charge in [-0.2, -0.15) is 0 Å². The van der Waals surface area contributed by atoms with Gasteiger partial charge in [-0.05, 0) is 19.8 Å². The van der Waals surface area contributed by atoms with Crippen LogP contribution in [-0.4, -0.2) is 61.4 Å². The summed E-state index contributed by atoms with van der Waals surface area (Å²) in [5.74, 6) is -1.84. The van der Waals surface area contributed by atoms with Crippen molar-refractivity contribution in [3.8, 4) is 0 Å². The van der Waals surface area contributed by atoms with Crippen molar-refractivity contribution < 1.29 is 49.4 Å². The topological polar surface area (TPSA) is 83.9 Å². The van der Waals surface area contributed by atoms with Gasteiger partial charge in [0.25, 0.3) is 0 Å². The van der Waals surface area contributed by atoms with E-state index in [9.17, 15) is 19.8 Å². The van der Waals surface area contributed by atoms with Crippen molar-refractivity contribution in [1.29, 1.82) is 0 Å². The molecule has 2 fully saturated rings. The number of rotatable bonds is 4. The van der Waals surface area contributed by atoms with Crippen LogP contribution in [0, 0.1) is 5.92 Å². The standard InChI is InChI=1S/C14H18N2O4S3.Na/c1-7(17)9-11(18)16-10(13(19)20)8(23-12(9)16)6-22-14(21)15-4-2-3-5-15;/h7,9,12,17H,2-6H2,1H3,(H,19,20);/q;+1/p-1/t7-,9+,12-;/m1./s1. The molecule has 0 aromatic heterocycles. The summed E-state index contributed by atoms with van der Waals surface area (Å²) in [5.41, 5.74) is -0.0568. The molecule has 0 spiro atoms. The molecule has 126 valence electrons. The van der Waals surface area contributed by atoms with Crippen LogP contribution >= 0.6 is 35.7 Å². The number of carbonyl (C=O) groups is 2. The average Bonchev–Trinajstić information content (AvgIpc) is 3.10. The number of hydrogen-bond acceptors (Lipinski definition) is 7. The van der Waals surface area contributed by atoms with Gasteiger partial charge >= 0.3 is 29.6 Å². The number of hydrogen-bond donors (Lipinski definition) is 1. The van der Waals surface area contributed by atoms with Crippen molar-refractivity contribution in [2.24, 2.45) is 5.92 Å². The average molecular weight is 396 g/mol. The molecular weight excluding hydrogens is 379 g/mol. The van der Waals surface area contributed by atoms with E-state index in [2.05, 4.69) is 4.90 Å². The molecule has 3 aliphatic heterocycles. The Labute approximate surface area is 176 Å². The Bertz CT molecular complexity index is 593. The summed E-state index contributed by atoms with van der Waals surface area (Å²) in [4.78, 5) is 27.5. The number of thioether (sulfide) groups is 2. The first-order valence-electron chi connectivity index (χ1n) is 7.46. The van der Waals surface area contributed by atoms with Crippen molar-refractivity contribution in [3.63, 3.8) is 0 Å². The van der Waals surface area contributed by atoms with E-state index in [1.807, 2.05) is 0 Å². The number of aliphatic carboxylic acids is 1. The van der Waals surface area contributed by atoms with E-state index in [0.717, 1.165) is 30.3 Å².